The number of aryl methyl sites for hydroxylation is 1. The highest BCUT2D eigenvalue weighted by atomic mass is 32.2. The zero-order chi connectivity index (χ0) is 23.4. The number of amides is 1. The molecule has 0 aromatic heterocycles. The number of piperazine rings is 1. The Bertz CT molecular complexity index is 997. The summed E-state index contributed by atoms with van der Waals surface area (Å²) in [7, 11) is -6.99. The third-order valence-electron chi connectivity index (χ3n) is 5.97. The molecule has 1 amide bonds. The molecule has 2 heterocycles. The molecule has 2 aliphatic heterocycles. The monoisotopic (exact) mass is 486 g/mol. The smallest absolute Gasteiger partial charge is 0.239 e. The molecule has 1 aromatic carbocycles. The molecule has 2 fully saturated rings. The maximum absolute atomic E-state index is 12.8. The topological polar surface area (TPSA) is 107 Å². The van der Waals surface area contributed by atoms with Crippen molar-refractivity contribution in [3.63, 3.8) is 0 Å². The van der Waals surface area contributed by atoms with Gasteiger partial charge in [-0.3, -0.25) is 4.79 Å². The number of hydrogen-bond acceptors (Lipinski definition) is 6. The Morgan fingerprint density at radius 3 is 2.28 bits per heavy atom. The quantitative estimate of drug-likeness (QED) is 0.582. The van der Waals surface area contributed by atoms with Crippen molar-refractivity contribution in [1.82, 2.24) is 13.9 Å². The number of rotatable bonds is 8. The standard InChI is InChI=1S/C21H34N4O5S2/c1-3-15-31(27,28)22-19-7-9-24(10-8-19)21(26)17-32(29,30)25-13-11-23(12-14-25)20-6-4-5-18(2)16-20/h4-6,16,19,22H,3,7-15,17H2,1-2H3. The highest BCUT2D eigenvalue weighted by molar-refractivity contribution is 7.89. The molecule has 0 saturated carbocycles. The number of carbonyl (C=O) groups is 1. The van der Waals surface area contributed by atoms with Gasteiger partial charge in [-0.2, -0.15) is 4.31 Å². The second kappa shape index (κ2) is 10.5. The largest absolute Gasteiger partial charge is 0.369 e. The van der Waals surface area contributed by atoms with E-state index >= 15 is 0 Å². The fourth-order valence-electron chi connectivity index (χ4n) is 4.22. The molecule has 1 N–H and O–H groups in total. The van der Waals surface area contributed by atoms with E-state index in [1.165, 1.54) is 9.21 Å². The maximum Gasteiger partial charge on any atom is 0.239 e. The molecule has 0 atom stereocenters. The number of sulfonamides is 2. The van der Waals surface area contributed by atoms with E-state index in [1.54, 1.807) is 0 Å². The minimum Gasteiger partial charge on any atom is -0.369 e. The highest BCUT2D eigenvalue weighted by Crippen LogP contribution is 2.19. The van der Waals surface area contributed by atoms with Crippen LogP contribution in [0.1, 0.15) is 31.7 Å². The number of piperidine rings is 1. The Kier molecular flexibility index (Phi) is 8.18. The summed E-state index contributed by atoms with van der Waals surface area (Å²) in [4.78, 5) is 16.3. The zero-order valence-corrected chi connectivity index (χ0v) is 20.5. The minimum absolute atomic E-state index is 0.0849. The molecule has 0 aliphatic carbocycles. The zero-order valence-electron chi connectivity index (χ0n) is 18.9. The van der Waals surface area contributed by atoms with Crippen LogP contribution in [0.5, 0.6) is 0 Å². The van der Waals surface area contributed by atoms with Crippen molar-refractivity contribution in [2.45, 2.75) is 39.2 Å². The number of hydrogen-bond donors (Lipinski definition) is 1. The lowest BCUT2D eigenvalue weighted by Crippen LogP contribution is -2.52. The summed E-state index contributed by atoms with van der Waals surface area (Å²) in [6.07, 6.45) is 1.53. The van der Waals surface area contributed by atoms with Crippen LogP contribution >= 0.6 is 0 Å². The van der Waals surface area contributed by atoms with E-state index in [1.807, 2.05) is 32.0 Å². The van der Waals surface area contributed by atoms with Gasteiger partial charge in [0.2, 0.25) is 26.0 Å². The normalized spacial score (nSPS) is 19.3. The van der Waals surface area contributed by atoms with Crippen molar-refractivity contribution in [3.05, 3.63) is 29.8 Å². The third kappa shape index (κ3) is 6.66. The van der Waals surface area contributed by atoms with Crippen LogP contribution in [0.2, 0.25) is 0 Å². The van der Waals surface area contributed by atoms with Crippen molar-refractivity contribution >= 4 is 31.6 Å². The Morgan fingerprint density at radius 1 is 1.03 bits per heavy atom. The van der Waals surface area contributed by atoms with Gasteiger partial charge in [0.25, 0.3) is 0 Å². The number of carbonyl (C=O) groups excluding carboxylic acids is 1. The van der Waals surface area contributed by atoms with Gasteiger partial charge in [0.05, 0.1) is 5.75 Å². The first kappa shape index (κ1) is 24.9. The van der Waals surface area contributed by atoms with Crippen LogP contribution < -0.4 is 9.62 Å². The second-order valence-electron chi connectivity index (χ2n) is 8.57. The summed E-state index contributed by atoms with van der Waals surface area (Å²) in [6, 6.07) is 7.91. The fourth-order valence-corrected chi connectivity index (χ4v) is 7.01. The minimum atomic E-state index is -3.69. The maximum atomic E-state index is 12.8. The second-order valence-corrected chi connectivity index (χ2v) is 12.4. The number of benzene rings is 1. The van der Waals surface area contributed by atoms with Gasteiger partial charge in [-0.15, -0.1) is 0 Å². The van der Waals surface area contributed by atoms with Crippen LogP contribution in [0.3, 0.4) is 0 Å². The number of likely N-dealkylation sites (tertiary alicyclic amines) is 1. The first-order valence-electron chi connectivity index (χ1n) is 11.2. The molecule has 180 valence electrons. The summed E-state index contributed by atoms with van der Waals surface area (Å²) >= 11 is 0. The van der Waals surface area contributed by atoms with Crippen LogP contribution in [-0.2, 0) is 24.8 Å². The average Bonchev–Trinajstić information content (AvgIpc) is 2.73. The van der Waals surface area contributed by atoms with Crippen LogP contribution in [0.4, 0.5) is 5.69 Å². The molecule has 0 radical (unpaired) electrons. The Hall–Kier alpha value is -1.69. The summed E-state index contributed by atoms with van der Waals surface area (Å²) in [5.74, 6) is -0.869. The van der Waals surface area contributed by atoms with Gasteiger partial charge >= 0.3 is 0 Å². The van der Waals surface area contributed by atoms with E-state index in [-0.39, 0.29) is 11.8 Å². The lowest BCUT2D eigenvalue weighted by atomic mass is 10.1. The lowest BCUT2D eigenvalue weighted by Gasteiger charge is -2.36. The van der Waals surface area contributed by atoms with Crippen LogP contribution in [-0.4, -0.2) is 88.8 Å². The van der Waals surface area contributed by atoms with Crippen molar-refractivity contribution in [2.75, 3.05) is 55.7 Å². The van der Waals surface area contributed by atoms with Crippen molar-refractivity contribution < 1.29 is 21.6 Å². The number of nitrogens with zero attached hydrogens (tertiary/aromatic N) is 3. The molecule has 0 bridgehead atoms. The van der Waals surface area contributed by atoms with Crippen LogP contribution in [0.15, 0.2) is 24.3 Å². The molecule has 3 rings (SSSR count). The molecule has 32 heavy (non-hydrogen) atoms. The summed E-state index contributed by atoms with van der Waals surface area (Å²) in [5, 5.41) is 0. The predicted molar refractivity (Wildman–Crippen MR) is 126 cm³/mol. The molecule has 2 saturated heterocycles. The van der Waals surface area contributed by atoms with Crippen LogP contribution in [0, 0.1) is 6.92 Å². The Balaban J connectivity index is 1.48. The molecular weight excluding hydrogens is 452 g/mol. The van der Waals surface area contributed by atoms with Gasteiger partial charge < -0.3 is 9.80 Å². The average molecular weight is 487 g/mol. The van der Waals surface area contributed by atoms with Gasteiger partial charge in [-0.25, -0.2) is 21.6 Å². The van der Waals surface area contributed by atoms with Gasteiger partial charge in [0.15, 0.2) is 0 Å². The van der Waals surface area contributed by atoms with E-state index < -0.39 is 31.7 Å². The van der Waals surface area contributed by atoms with E-state index in [2.05, 4.69) is 15.7 Å². The van der Waals surface area contributed by atoms with Crippen LogP contribution in [0.25, 0.3) is 0 Å². The van der Waals surface area contributed by atoms with Crippen molar-refractivity contribution in [2.24, 2.45) is 0 Å². The van der Waals surface area contributed by atoms with Crippen molar-refractivity contribution in [1.29, 1.82) is 0 Å². The summed E-state index contributed by atoms with van der Waals surface area (Å²) < 4.78 is 53.6. The van der Waals surface area contributed by atoms with E-state index in [0.29, 0.717) is 58.5 Å². The SMILES string of the molecule is CCCS(=O)(=O)NC1CCN(C(=O)CS(=O)(=O)N2CCN(c3cccc(C)c3)CC2)CC1. The molecule has 1 aromatic rings. The molecule has 11 heteroatoms. The molecule has 2 aliphatic rings. The summed E-state index contributed by atoms with van der Waals surface area (Å²) in [6.45, 7) is 6.42. The third-order valence-corrected chi connectivity index (χ3v) is 9.37. The first-order chi connectivity index (χ1) is 15.1. The highest BCUT2D eigenvalue weighted by Gasteiger charge is 2.32. The van der Waals surface area contributed by atoms with E-state index in [0.717, 1.165) is 11.3 Å². The Labute approximate surface area is 191 Å². The Morgan fingerprint density at radius 2 is 1.69 bits per heavy atom. The van der Waals surface area contributed by atoms with Gasteiger partial charge in [0, 0.05) is 51.0 Å². The summed E-state index contributed by atoms with van der Waals surface area (Å²) in [5.41, 5.74) is 2.24. The van der Waals surface area contributed by atoms with Gasteiger partial charge in [-0.1, -0.05) is 19.1 Å². The molecule has 9 nitrogen and oxygen atoms in total. The molecular formula is C21H34N4O5S2. The molecule has 0 spiro atoms. The van der Waals surface area contributed by atoms with E-state index in [4.69, 9.17) is 0 Å². The fraction of sp³-hybridized carbons (Fsp3) is 0.667. The lowest BCUT2D eigenvalue weighted by molar-refractivity contribution is -0.129. The van der Waals surface area contributed by atoms with Gasteiger partial charge in [-0.05, 0) is 43.9 Å². The number of nitrogens with one attached hydrogen (secondary N) is 1. The van der Waals surface area contributed by atoms with Gasteiger partial charge in [0.1, 0.15) is 5.75 Å². The number of anilines is 1. The van der Waals surface area contributed by atoms with Crippen molar-refractivity contribution in [3.8, 4) is 0 Å². The first-order valence-corrected chi connectivity index (χ1v) is 14.4. The molecule has 0 unspecified atom stereocenters. The predicted octanol–water partition coefficient (Wildman–Crippen LogP) is 0.767. The van der Waals surface area contributed by atoms with E-state index in [9.17, 15) is 21.6 Å².